The van der Waals surface area contributed by atoms with Gasteiger partial charge in [-0.2, -0.15) is 13.2 Å². The van der Waals surface area contributed by atoms with Gasteiger partial charge in [0.05, 0.1) is 0 Å². The molecule has 0 saturated heterocycles. The van der Waals surface area contributed by atoms with E-state index in [4.69, 9.17) is 0 Å². The van der Waals surface area contributed by atoms with Gasteiger partial charge in [-0.25, -0.2) is 0 Å². The van der Waals surface area contributed by atoms with E-state index in [0.717, 1.165) is 22.0 Å². The van der Waals surface area contributed by atoms with Crippen molar-refractivity contribution in [2.24, 2.45) is 0 Å². The lowest BCUT2D eigenvalue weighted by Crippen LogP contribution is -2.24. The Balaban J connectivity index is 2.83. The Bertz CT molecular complexity index is 404. The van der Waals surface area contributed by atoms with E-state index in [-0.39, 0.29) is 12.5 Å². The van der Waals surface area contributed by atoms with Gasteiger partial charge < -0.3 is 5.32 Å². The van der Waals surface area contributed by atoms with Crippen LogP contribution in [0.5, 0.6) is 0 Å². The van der Waals surface area contributed by atoms with E-state index in [1.165, 1.54) is 0 Å². The van der Waals surface area contributed by atoms with Crippen molar-refractivity contribution < 1.29 is 13.2 Å². The van der Waals surface area contributed by atoms with Crippen molar-refractivity contribution >= 4 is 15.9 Å². The quantitative estimate of drug-likeness (QED) is 0.757. The monoisotopic (exact) mass is 337 g/mol. The van der Waals surface area contributed by atoms with Gasteiger partial charge in [-0.15, -0.1) is 0 Å². The second-order valence-corrected chi connectivity index (χ2v) is 5.54. The molecular weight excluding hydrogens is 319 g/mol. The van der Waals surface area contributed by atoms with Crippen molar-refractivity contribution in [1.82, 2.24) is 5.32 Å². The molecule has 0 fully saturated rings. The van der Waals surface area contributed by atoms with Gasteiger partial charge in [0.25, 0.3) is 0 Å². The minimum atomic E-state index is -4.11. The second kappa shape index (κ2) is 7.29. The summed E-state index contributed by atoms with van der Waals surface area (Å²) in [5, 5.41) is 3.19. The molecule has 1 aromatic rings. The summed E-state index contributed by atoms with van der Waals surface area (Å²) in [5.41, 5.74) is 1.98. The third-order valence-electron chi connectivity index (χ3n) is 2.89. The molecular formula is C14H19BrF3N. The van der Waals surface area contributed by atoms with Crippen LogP contribution in [0.4, 0.5) is 13.2 Å². The topological polar surface area (TPSA) is 12.0 Å². The van der Waals surface area contributed by atoms with E-state index in [2.05, 4.69) is 21.2 Å². The predicted molar refractivity (Wildman–Crippen MR) is 75.2 cm³/mol. The van der Waals surface area contributed by atoms with Crippen molar-refractivity contribution in [3.8, 4) is 0 Å². The molecule has 108 valence electrons. The van der Waals surface area contributed by atoms with E-state index in [1.54, 1.807) is 0 Å². The van der Waals surface area contributed by atoms with Gasteiger partial charge in [0, 0.05) is 16.9 Å². The summed E-state index contributed by atoms with van der Waals surface area (Å²) < 4.78 is 38.0. The lowest BCUT2D eigenvalue weighted by molar-refractivity contribution is -0.136. The molecule has 19 heavy (non-hydrogen) atoms. The van der Waals surface area contributed by atoms with Gasteiger partial charge in [0.2, 0.25) is 0 Å². The highest BCUT2D eigenvalue weighted by atomic mass is 79.9. The average molecular weight is 338 g/mol. The van der Waals surface area contributed by atoms with Crippen LogP contribution in [0.2, 0.25) is 0 Å². The third-order valence-corrected chi connectivity index (χ3v) is 3.58. The zero-order valence-electron chi connectivity index (χ0n) is 11.1. The van der Waals surface area contributed by atoms with Crippen molar-refractivity contribution in [2.45, 2.75) is 45.3 Å². The molecule has 0 aliphatic rings. The summed E-state index contributed by atoms with van der Waals surface area (Å²) in [6.45, 7) is 4.67. The number of benzene rings is 1. The number of alkyl halides is 3. The maximum atomic E-state index is 12.4. The fourth-order valence-corrected chi connectivity index (χ4v) is 2.68. The first-order chi connectivity index (χ1) is 8.83. The lowest BCUT2D eigenvalue weighted by Gasteiger charge is -2.21. The minimum Gasteiger partial charge on any atom is -0.310 e. The van der Waals surface area contributed by atoms with Gasteiger partial charge in [0.1, 0.15) is 0 Å². The molecule has 1 unspecified atom stereocenters. The van der Waals surface area contributed by atoms with E-state index in [9.17, 15) is 13.2 Å². The van der Waals surface area contributed by atoms with Crippen molar-refractivity contribution in [3.05, 3.63) is 33.8 Å². The van der Waals surface area contributed by atoms with Crippen LogP contribution in [0.15, 0.2) is 22.7 Å². The Hall–Kier alpha value is -0.550. The minimum absolute atomic E-state index is 0.0607. The standard InChI is InChI=1S/C14H19BrF3N/c1-3-8-19-13(6-7-14(16,17)18)11-5-4-10(2)9-12(11)15/h4-5,9,13,19H,3,6-8H2,1-2H3. The molecule has 1 aromatic carbocycles. The molecule has 5 heteroatoms. The maximum Gasteiger partial charge on any atom is 0.389 e. The molecule has 1 N–H and O–H groups in total. The first kappa shape index (κ1) is 16.5. The maximum absolute atomic E-state index is 12.4. The average Bonchev–Trinajstić information content (AvgIpc) is 2.29. The molecule has 0 aliphatic carbocycles. The fraction of sp³-hybridized carbons (Fsp3) is 0.571. The molecule has 1 rings (SSSR count). The summed E-state index contributed by atoms with van der Waals surface area (Å²) in [6, 6.07) is 5.48. The number of halogens is 4. The predicted octanol–water partition coefficient (Wildman–Crippen LogP) is 5.14. The molecule has 0 bridgehead atoms. The fourth-order valence-electron chi connectivity index (χ4n) is 1.91. The number of nitrogens with one attached hydrogen (secondary N) is 1. The molecule has 0 saturated carbocycles. The SMILES string of the molecule is CCCNC(CCC(F)(F)F)c1ccc(C)cc1Br. The van der Waals surface area contributed by atoms with Gasteiger partial charge in [-0.1, -0.05) is 35.0 Å². The Morgan fingerprint density at radius 2 is 2.00 bits per heavy atom. The van der Waals surface area contributed by atoms with Crippen molar-refractivity contribution in [1.29, 1.82) is 0 Å². The number of hydrogen-bond acceptors (Lipinski definition) is 1. The highest BCUT2D eigenvalue weighted by Crippen LogP contribution is 2.31. The van der Waals surface area contributed by atoms with Crippen LogP contribution in [0, 0.1) is 6.92 Å². The van der Waals surface area contributed by atoms with Crippen LogP contribution < -0.4 is 5.32 Å². The summed E-state index contributed by atoms with van der Waals surface area (Å²) >= 11 is 3.44. The molecule has 1 atom stereocenters. The highest BCUT2D eigenvalue weighted by molar-refractivity contribution is 9.10. The van der Waals surface area contributed by atoms with Crippen LogP contribution in [0.3, 0.4) is 0 Å². The Morgan fingerprint density at radius 3 is 2.53 bits per heavy atom. The van der Waals surface area contributed by atoms with Crippen molar-refractivity contribution in [3.63, 3.8) is 0 Å². The zero-order chi connectivity index (χ0) is 14.5. The van der Waals surface area contributed by atoms with Gasteiger partial charge in [-0.3, -0.25) is 0 Å². The molecule has 0 amide bonds. The largest absolute Gasteiger partial charge is 0.389 e. The smallest absolute Gasteiger partial charge is 0.310 e. The second-order valence-electron chi connectivity index (χ2n) is 4.69. The summed E-state index contributed by atoms with van der Waals surface area (Å²) in [4.78, 5) is 0. The van der Waals surface area contributed by atoms with Gasteiger partial charge in [0.15, 0.2) is 0 Å². The van der Waals surface area contributed by atoms with Crippen LogP contribution in [-0.4, -0.2) is 12.7 Å². The summed E-state index contributed by atoms with van der Waals surface area (Å²) in [6.07, 6.45) is -3.92. The molecule has 0 spiro atoms. The van der Waals surface area contributed by atoms with E-state index < -0.39 is 12.6 Å². The van der Waals surface area contributed by atoms with Crippen molar-refractivity contribution in [2.75, 3.05) is 6.54 Å². The van der Waals surface area contributed by atoms with E-state index in [0.29, 0.717) is 6.54 Å². The Labute approximate surface area is 120 Å². The Kier molecular flexibility index (Phi) is 6.33. The summed E-state index contributed by atoms with van der Waals surface area (Å²) in [5.74, 6) is 0. The van der Waals surface area contributed by atoms with Gasteiger partial charge >= 0.3 is 6.18 Å². The lowest BCUT2D eigenvalue weighted by atomic mass is 10.0. The molecule has 0 radical (unpaired) electrons. The first-order valence-corrected chi connectivity index (χ1v) is 7.19. The first-order valence-electron chi connectivity index (χ1n) is 6.39. The summed E-state index contributed by atoms with van der Waals surface area (Å²) in [7, 11) is 0. The molecule has 0 aliphatic heterocycles. The normalized spacial score (nSPS) is 13.6. The van der Waals surface area contributed by atoms with Gasteiger partial charge in [-0.05, 0) is 43.5 Å². The Morgan fingerprint density at radius 1 is 1.32 bits per heavy atom. The van der Waals surface area contributed by atoms with Crippen LogP contribution >= 0.6 is 15.9 Å². The highest BCUT2D eigenvalue weighted by Gasteiger charge is 2.29. The third kappa shape index (κ3) is 5.95. The molecule has 0 heterocycles. The van der Waals surface area contributed by atoms with Crippen LogP contribution in [0.25, 0.3) is 0 Å². The molecule has 0 aromatic heterocycles. The van der Waals surface area contributed by atoms with E-state index >= 15 is 0 Å². The molecule has 1 nitrogen and oxygen atoms in total. The number of aryl methyl sites for hydroxylation is 1. The van der Waals surface area contributed by atoms with Crippen LogP contribution in [-0.2, 0) is 0 Å². The van der Waals surface area contributed by atoms with E-state index in [1.807, 2.05) is 32.0 Å². The van der Waals surface area contributed by atoms with Crippen LogP contribution in [0.1, 0.15) is 43.4 Å². The zero-order valence-corrected chi connectivity index (χ0v) is 12.7. The number of hydrogen-bond donors (Lipinski definition) is 1. The number of rotatable bonds is 6.